The van der Waals surface area contributed by atoms with Crippen LogP contribution in [0.25, 0.3) is 0 Å². The lowest BCUT2D eigenvalue weighted by molar-refractivity contribution is -0.152. The predicted octanol–water partition coefficient (Wildman–Crippen LogP) is 0.810. The number of aliphatic hydroxyl groups is 1. The van der Waals surface area contributed by atoms with Gasteiger partial charge >= 0.3 is 11.9 Å². The summed E-state index contributed by atoms with van der Waals surface area (Å²) >= 11 is 0. The number of methoxy groups -OCH3 is 1. The smallest absolute Gasteiger partial charge is 0.339 e. The topological polar surface area (TPSA) is 72.8 Å². The molecule has 92 valence electrons. The van der Waals surface area contributed by atoms with E-state index in [4.69, 9.17) is 4.74 Å². The monoisotopic (exact) mass is 230 g/mol. The fraction of sp³-hybridized carbons (Fsp3) is 0.636. The zero-order valence-electron chi connectivity index (χ0n) is 9.69. The molecule has 0 aromatic rings. The molecule has 0 rings (SSSR count). The summed E-state index contributed by atoms with van der Waals surface area (Å²) in [4.78, 5) is 22.2. The highest BCUT2D eigenvalue weighted by molar-refractivity contribution is 5.96. The van der Waals surface area contributed by atoms with Gasteiger partial charge in [-0.3, -0.25) is 0 Å². The van der Waals surface area contributed by atoms with Crippen LogP contribution in [0.5, 0.6) is 0 Å². The van der Waals surface area contributed by atoms with Gasteiger partial charge in [0.25, 0.3) is 0 Å². The third-order valence-electron chi connectivity index (χ3n) is 2.00. The predicted molar refractivity (Wildman–Crippen MR) is 57.6 cm³/mol. The third kappa shape index (κ3) is 4.93. The van der Waals surface area contributed by atoms with E-state index >= 15 is 0 Å². The molecule has 0 amide bonds. The van der Waals surface area contributed by atoms with E-state index in [1.807, 2.05) is 6.92 Å². The number of unbranched alkanes of at least 4 members (excludes halogenated alkanes) is 2. The average Bonchev–Trinajstić information content (AvgIpc) is 2.31. The zero-order chi connectivity index (χ0) is 12.6. The minimum absolute atomic E-state index is 0.263. The average molecular weight is 230 g/mol. The highest BCUT2D eigenvalue weighted by atomic mass is 16.5. The first-order valence-corrected chi connectivity index (χ1v) is 5.16. The molecule has 1 atom stereocenters. The number of carbonyl (C=O) groups excluding carboxylic acids is 2. The van der Waals surface area contributed by atoms with Crippen molar-refractivity contribution in [3.63, 3.8) is 0 Å². The van der Waals surface area contributed by atoms with Gasteiger partial charge in [0.15, 0.2) is 6.10 Å². The van der Waals surface area contributed by atoms with Crippen molar-refractivity contribution in [1.29, 1.82) is 0 Å². The van der Waals surface area contributed by atoms with Crippen LogP contribution in [0.1, 0.15) is 26.2 Å². The molecule has 0 saturated carbocycles. The molecular formula is C11H18O5. The van der Waals surface area contributed by atoms with Crippen LogP contribution in [0, 0.1) is 0 Å². The maximum absolute atomic E-state index is 11.3. The highest BCUT2D eigenvalue weighted by Gasteiger charge is 2.25. The van der Waals surface area contributed by atoms with Gasteiger partial charge in [-0.2, -0.15) is 0 Å². The molecule has 5 heteroatoms. The molecule has 0 aliphatic carbocycles. The SMILES string of the molecule is C=C(C(=O)OCCCCC)C(O)C(=O)OC. The van der Waals surface area contributed by atoms with E-state index in [-0.39, 0.29) is 12.2 Å². The maximum atomic E-state index is 11.3. The second-order valence-corrected chi connectivity index (χ2v) is 3.29. The van der Waals surface area contributed by atoms with Crippen molar-refractivity contribution >= 4 is 11.9 Å². The van der Waals surface area contributed by atoms with Crippen LogP contribution in [0.2, 0.25) is 0 Å². The van der Waals surface area contributed by atoms with Crippen LogP contribution >= 0.6 is 0 Å². The fourth-order valence-corrected chi connectivity index (χ4v) is 0.975. The van der Waals surface area contributed by atoms with Crippen molar-refractivity contribution in [1.82, 2.24) is 0 Å². The molecule has 16 heavy (non-hydrogen) atoms. The molecule has 0 bridgehead atoms. The van der Waals surface area contributed by atoms with Crippen LogP contribution in [0.15, 0.2) is 12.2 Å². The summed E-state index contributed by atoms with van der Waals surface area (Å²) in [5, 5.41) is 9.28. The summed E-state index contributed by atoms with van der Waals surface area (Å²) in [5.74, 6) is -1.69. The van der Waals surface area contributed by atoms with E-state index in [1.54, 1.807) is 0 Å². The van der Waals surface area contributed by atoms with Crippen LogP contribution < -0.4 is 0 Å². The Labute approximate surface area is 95.0 Å². The lowest BCUT2D eigenvalue weighted by Crippen LogP contribution is -2.28. The number of esters is 2. The summed E-state index contributed by atoms with van der Waals surface area (Å²) in [5.41, 5.74) is -0.302. The molecule has 0 aromatic heterocycles. The van der Waals surface area contributed by atoms with Gasteiger partial charge in [-0.25, -0.2) is 9.59 Å². The second kappa shape index (κ2) is 7.87. The molecule has 0 aliphatic heterocycles. The minimum Gasteiger partial charge on any atom is -0.467 e. The largest absolute Gasteiger partial charge is 0.467 e. The molecule has 0 aromatic carbocycles. The molecule has 1 N–H and O–H groups in total. The molecule has 0 radical (unpaired) electrons. The maximum Gasteiger partial charge on any atom is 0.339 e. The van der Waals surface area contributed by atoms with Gasteiger partial charge in [0.05, 0.1) is 19.3 Å². The van der Waals surface area contributed by atoms with E-state index < -0.39 is 18.0 Å². The Balaban J connectivity index is 3.99. The van der Waals surface area contributed by atoms with Crippen molar-refractivity contribution in [2.75, 3.05) is 13.7 Å². The van der Waals surface area contributed by atoms with E-state index in [0.717, 1.165) is 26.4 Å². The van der Waals surface area contributed by atoms with Crippen molar-refractivity contribution < 1.29 is 24.2 Å². The summed E-state index contributed by atoms with van der Waals surface area (Å²) in [6.07, 6.45) is 1.08. The Morgan fingerprint density at radius 3 is 2.50 bits per heavy atom. The van der Waals surface area contributed by atoms with Gasteiger partial charge in [0.2, 0.25) is 0 Å². The number of rotatable bonds is 7. The highest BCUT2D eigenvalue weighted by Crippen LogP contribution is 2.05. The Bertz CT molecular complexity index is 259. The van der Waals surface area contributed by atoms with Crippen molar-refractivity contribution in [3.05, 3.63) is 12.2 Å². The minimum atomic E-state index is -1.65. The molecular weight excluding hydrogens is 212 g/mol. The lowest BCUT2D eigenvalue weighted by Gasteiger charge is -2.10. The van der Waals surface area contributed by atoms with E-state index in [2.05, 4.69) is 11.3 Å². The summed E-state index contributed by atoms with van der Waals surface area (Å²) in [6.45, 7) is 5.59. The normalized spacial score (nSPS) is 11.7. The van der Waals surface area contributed by atoms with Gasteiger partial charge in [-0.05, 0) is 6.42 Å². The van der Waals surface area contributed by atoms with Gasteiger partial charge in [-0.15, -0.1) is 0 Å². The summed E-state index contributed by atoms with van der Waals surface area (Å²) in [6, 6.07) is 0. The molecule has 0 saturated heterocycles. The standard InChI is InChI=1S/C11H18O5/c1-4-5-6-7-16-10(13)8(2)9(12)11(14)15-3/h9,12H,2,4-7H2,1,3H3. The summed E-state index contributed by atoms with van der Waals surface area (Å²) < 4.78 is 9.08. The van der Waals surface area contributed by atoms with E-state index in [0.29, 0.717) is 0 Å². The molecule has 0 aliphatic rings. The number of ether oxygens (including phenoxy) is 2. The molecule has 0 heterocycles. The molecule has 1 unspecified atom stereocenters. The lowest BCUT2D eigenvalue weighted by atomic mass is 10.2. The summed E-state index contributed by atoms with van der Waals surface area (Å²) in [7, 11) is 1.12. The third-order valence-corrected chi connectivity index (χ3v) is 2.00. The number of hydrogen-bond donors (Lipinski definition) is 1. The second-order valence-electron chi connectivity index (χ2n) is 3.29. The van der Waals surface area contributed by atoms with E-state index in [9.17, 15) is 14.7 Å². The Hall–Kier alpha value is -1.36. The van der Waals surface area contributed by atoms with Gasteiger partial charge in [0, 0.05) is 0 Å². The van der Waals surface area contributed by atoms with Crippen molar-refractivity contribution in [3.8, 4) is 0 Å². The Morgan fingerprint density at radius 2 is 2.00 bits per heavy atom. The van der Waals surface area contributed by atoms with E-state index in [1.165, 1.54) is 0 Å². The molecule has 5 nitrogen and oxygen atoms in total. The Morgan fingerprint density at radius 1 is 1.38 bits per heavy atom. The molecule has 0 fully saturated rings. The first-order chi connectivity index (χ1) is 7.54. The van der Waals surface area contributed by atoms with Gasteiger partial charge < -0.3 is 14.6 Å². The Kier molecular flexibility index (Phi) is 7.20. The van der Waals surface area contributed by atoms with Gasteiger partial charge in [0.1, 0.15) is 0 Å². The van der Waals surface area contributed by atoms with Crippen molar-refractivity contribution in [2.24, 2.45) is 0 Å². The number of aliphatic hydroxyl groups excluding tert-OH is 1. The first kappa shape index (κ1) is 14.6. The number of hydrogen-bond acceptors (Lipinski definition) is 5. The fourth-order valence-electron chi connectivity index (χ4n) is 0.975. The zero-order valence-corrected chi connectivity index (χ0v) is 9.69. The van der Waals surface area contributed by atoms with Gasteiger partial charge in [-0.1, -0.05) is 26.3 Å². The van der Waals surface area contributed by atoms with Crippen LogP contribution in [0.3, 0.4) is 0 Å². The van der Waals surface area contributed by atoms with Crippen LogP contribution in [-0.4, -0.2) is 36.9 Å². The van der Waals surface area contributed by atoms with Crippen molar-refractivity contribution in [2.45, 2.75) is 32.3 Å². The first-order valence-electron chi connectivity index (χ1n) is 5.16. The quantitative estimate of drug-likeness (QED) is 0.398. The molecule has 0 spiro atoms. The number of carbonyl (C=O) groups is 2. The van der Waals surface area contributed by atoms with Crippen LogP contribution in [-0.2, 0) is 19.1 Å². The van der Waals surface area contributed by atoms with Crippen LogP contribution in [0.4, 0.5) is 0 Å².